The Labute approximate surface area is 142 Å². The zero-order chi connectivity index (χ0) is 16.8. The van der Waals surface area contributed by atoms with Crippen LogP contribution in [-0.2, 0) is 16.0 Å². The highest BCUT2D eigenvalue weighted by Crippen LogP contribution is 2.19. The quantitative estimate of drug-likeness (QED) is 0.464. The lowest BCUT2D eigenvalue weighted by Gasteiger charge is -2.03. The van der Waals surface area contributed by atoms with E-state index in [2.05, 4.69) is 29.0 Å². The Kier molecular flexibility index (Phi) is 5.26. The first-order valence-electron chi connectivity index (χ1n) is 8.51. The summed E-state index contributed by atoms with van der Waals surface area (Å²) in [5.74, 6) is -0.0430. The second kappa shape index (κ2) is 7.77. The van der Waals surface area contributed by atoms with Crippen molar-refractivity contribution < 1.29 is 9.53 Å². The van der Waals surface area contributed by atoms with E-state index in [9.17, 15) is 4.79 Å². The molecular weight excluding hydrogens is 300 g/mol. The van der Waals surface area contributed by atoms with Gasteiger partial charge in [-0.1, -0.05) is 38.3 Å². The molecule has 0 amide bonds. The van der Waals surface area contributed by atoms with Crippen LogP contribution in [0.2, 0.25) is 0 Å². The van der Waals surface area contributed by atoms with Gasteiger partial charge in [0.15, 0.2) is 5.70 Å². The molecule has 3 rings (SSSR count). The number of rotatable bonds is 7. The number of carbonyl (C=O) groups is 1. The second-order valence-corrected chi connectivity index (χ2v) is 5.97. The monoisotopic (exact) mass is 322 g/mol. The number of nitrogens with one attached hydrogen (secondary N) is 1. The number of ether oxygens (including phenoxy) is 1. The molecule has 0 unspecified atom stereocenters. The minimum absolute atomic E-state index is 0.316. The molecule has 24 heavy (non-hydrogen) atoms. The third kappa shape index (κ3) is 4.02. The van der Waals surface area contributed by atoms with Crippen molar-refractivity contribution in [3.05, 3.63) is 65.1 Å². The van der Waals surface area contributed by atoms with E-state index >= 15 is 0 Å². The van der Waals surface area contributed by atoms with Gasteiger partial charge in [0.25, 0.3) is 0 Å². The van der Waals surface area contributed by atoms with Crippen LogP contribution >= 0.6 is 0 Å². The largest absolute Gasteiger partial charge is 0.402 e. The average molecular weight is 322 g/mol. The molecule has 0 fully saturated rings. The number of unbranched alkanes of at least 4 members (excludes halogenated alkanes) is 3. The number of aromatic amines is 1. The molecule has 0 bridgehead atoms. The molecule has 2 aromatic rings. The average Bonchev–Trinajstić information content (AvgIpc) is 3.23. The molecule has 1 aliphatic heterocycles. The van der Waals surface area contributed by atoms with Gasteiger partial charge < -0.3 is 9.72 Å². The molecule has 0 spiro atoms. The van der Waals surface area contributed by atoms with Gasteiger partial charge in [-0.15, -0.1) is 0 Å². The predicted octanol–water partition coefficient (Wildman–Crippen LogP) is 4.48. The van der Waals surface area contributed by atoms with Crippen LogP contribution in [0.25, 0.3) is 6.08 Å². The zero-order valence-corrected chi connectivity index (χ0v) is 13.9. The van der Waals surface area contributed by atoms with Gasteiger partial charge in [-0.2, -0.15) is 0 Å². The van der Waals surface area contributed by atoms with Gasteiger partial charge in [0.05, 0.1) is 0 Å². The molecule has 1 N–H and O–H groups in total. The Morgan fingerprint density at radius 1 is 1.12 bits per heavy atom. The Balaban J connectivity index is 1.67. The van der Waals surface area contributed by atoms with Crippen molar-refractivity contribution in [2.75, 3.05) is 0 Å². The third-order valence-electron chi connectivity index (χ3n) is 4.05. The minimum Gasteiger partial charge on any atom is -0.402 e. The van der Waals surface area contributed by atoms with Gasteiger partial charge in [-0.25, -0.2) is 9.79 Å². The molecule has 0 atom stereocenters. The van der Waals surface area contributed by atoms with E-state index in [0.29, 0.717) is 11.6 Å². The van der Waals surface area contributed by atoms with Crippen LogP contribution in [0.1, 0.15) is 49.4 Å². The van der Waals surface area contributed by atoms with Crippen molar-refractivity contribution in [2.24, 2.45) is 4.99 Å². The number of hydrogen-bond acceptors (Lipinski definition) is 3. The van der Waals surface area contributed by atoms with Gasteiger partial charge in [0, 0.05) is 17.5 Å². The Morgan fingerprint density at radius 2 is 1.96 bits per heavy atom. The van der Waals surface area contributed by atoms with E-state index in [4.69, 9.17) is 4.74 Å². The summed E-state index contributed by atoms with van der Waals surface area (Å²) in [5, 5.41) is 0. The first kappa shape index (κ1) is 16.2. The number of aromatic nitrogens is 1. The first-order valence-corrected chi connectivity index (χ1v) is 8.51. The highest BCUT2D eigenvalue weighted by molar-refractivity contribution is 6.12. The number of cyclic esters (lactones) is 1. The van der Waals surface area contributed by atoms with Crippen molar-refractivity contribution in [3.8, 4) is 0 Å². The summed E-state index contributed by atoms with van der Waals surface area (Å²) in [5.41, 5.74) is 3.28. The smallest absolute Gasteiger partial charge is 0.363 e. The van der Waals surface area contributed by atoms with E-state index in [1.54, 1.807) is 12.3 Å². The number of hydrogen-bond donors (Lipinski definition) is 1. The minimum atomic E-state index is -0.414. The number of esters is 1. The van der Waals surface area contributed by atoms with Crippen LogP contribution in [0.3, 0.4) is 0 Å². The number of benzene rings is 1. The zero-order valence-electron chi connectivity index (χ0n) is 13.9. The molecule has 0 saturated carbocycles. The summed E-state index contributed by atoms with van der Waals surface area (Å²) in [7, 11) is 0. The summed E-state index contributed by atoms with van der Waals surface area (Å²) in [6, 6.07) is 11.9. The number of aliphatic imine (C=N–C) groups is 1. The van der Waals surface area contributed by atoms with Gasteiger partial charge in [-0.05, 0) is 48.7 Å². The van der Waals surface area contributed by atoms with Crippen LogP contribution in [0, 0.1) is 0 Å². The third-order valence-corrected chi connectivity index (χ3v) is 4.05. The van der Waals surface area contributed by atoms with Crippen molar-refractivity contribution in [3.63, 3.8) is 0 Å². The standard InChI is InChI=1S/C20H22N2O2/c1-2-3-4-5-7-15-9-11-16(12-10-15)19-22-18(20(23)24-19)14-17-8-6-13-21-17/h6,8-14,21H,2-5,7H2,1H3. The van der Waals surface area contributed by atoms with E-state index in [-0.39, 0.29) is 0 Å². The fourth-order valence-corrected chi connectivity index (χ4v) is 2.68. The normalized spacial score (nSPS) is 15.6. The van der Waals surface area contributed by atoms with Crippen LogP contribution in [0.5, 0.6) is 0 Å². The number of H-pyrrole nitrogens is 1. The van der Waals surface area contributed by atoms with Crippen LogP contribution < -0.4 is 0 Å². The molecule has 1 aromatic heterocycles. The molecule has 0 aliphatic carbocycles. The molecule has 0 saturated heterocycles. The predicted molar refractivity (Wildman–Crippen MR) is 95.7 cm³/mol. The summed E-state index contributed by atoms with van der Waals surface area (Å²) in [4.78, 5) is 19.3. The molecule has 1 aliphatic rings. The second-order valence-electron chi connectivity index (χ2n) is 5.97. The van der Waals surface area contributed by atoms with Crippen molar-refractivity contribution in [1.29, 1.82) is 0 Å². The molecule has 1 aromatic carbocycles. The molecule has 0 radical (unpaired) electrons. The van der Waals surface area contributed by atoms with Gasteiger partial charge >= 0.3 is 5.97 Å². The van der Waals surface area contributed by atoms with Crippen molar-refractivity contribution >= 4 is 17.9 Å². The van der Waals surface area contributed by atoms with E-state index < -0.39 is 5.97 Å². The van der Waals surface area contributed by atoms with Gasteiger partial charge in [0.2, 0.25) is 5.90 Å². The fourth-order valence-electron chi connectivity index (χ4n) is 2.68. The molecule has 4 heteroatoms. The van der Waals surface area contributed by atoms with Crippen molar-refractivity contribution in [1.82, 2.24) is 4.98 Å². The lowest BCUT2D eigenvalue weighted by Crippen LogP contribution is -2.05. The molecule has 124 valence electrons. The maximum Gasteiger partial charge on any atom is 0.363 e. The number of nitrogens with zero attached hydrogens (tertiary/aromatic N) is 1. The Morgan fingerprint density at radius 3 is 2.67 bits per heavy atom. The SMILES string of the molecule is CCCCCCc1ccc(C2=NC(=Cc3ccc[nH]3)C(=O)O2)cc1. The highest BCUT2D eigenvalue weighted by Gasteiger charge is 2.24. The van der Waals surface area contributed by atoms with Gasteiger partial charge in [-0.3, -0.25) is 0 Å². The van der Waals surface area contributed by atoms with Crippen LogP contribution in [-0.4, -0.2) is 16.9 Å². The molecule has 4 nitrogen and oxygen atoms in total. The van der Waals surface area contributed by atoms with E-state index in [0.717, 1.165) is 17.7 Å². The van der Waals surface area contributed by atoms with Gasteiger partial charge in [0.1, 0.15) is 0 Å². The summed E-state index contributed by atoms with van der Waals surface area (Å²) >= 11 is 0. The topological polar surface area (TPSA) is 54.5 Å². The molecule has 2 heterocycles. The lowest BCUT2D eigenvalue weighted by molar-refractivity contribution is -0.129. The van der Waals surface area contributed by atoms with Crippen molar-refractivity contribution in [2.45, 2.75) is 39.0 Å². The summed E-state index contributed by atoms with van der Waals surface area (Å²) in [6.45, 7) is 2.22. The van der Waals surface area contributed by atoms with Crippen LogP contribution in [0.4, 0.5) is 0 Å². The maximum absolute atomic E-state index is 11.9. The number of aryl methyl sites for hydroxylation is 1. The summed E-state index contributed by atoms with van der Waals surface area (Å²) < 4.78 is 5.29. The number of carbonyl (C=O) groups excluding carboxylic acids is 1. The maximum atomic E-state index is 11.9. The lowest BCUT2D eigenvalue weighted by atomic mass is 10.0. The van der Waals surface area contributed by atoms with Crippen LogP contribution in [0.15, 0.2) is 53.3 Å². The first-order chi connectivity index (χ1) is 11.8. The Bertz CT molecular complexity index is 740. The fraction of sp³-hybridized carbons (Fsp3) is 0.300. The highest BCUT2D eigenvalue weighted by atomic mass is 16.6. The van der Waals surface area contributed by atoms with E-state index in [1.807, 2.05) is 24.3 Å². The van der Waals surface area contributed by atoms with E-state index in [1.165, 1.54) is 31.2 Å². The molecular formula is C20H22N2O2. The summed E-state index contributed by atoms with van der Waals surface area (Å²) in [6.07, 6.45) is 9.61. The Hall–Kier alpha value is -2.62.